The van der Waals surface area contributed by atoms with Gasteiger partial charge >= 0.3 is 0 Å². The Balaban J connectivity index is 4.32. The minimum Gasteiger partial charge on any atom is -0.394 e. The molecule has 6 nitrogen and oxygen atoms in total. The van der Waals surface area contributed by atoms with E-state index in [1.165, 1.54) is 0 Å². The Morgan fingerprint density at radius 2 is 1.19 bits per heavy atom. The maximum Gasteiger partial charge on any atom is 0.283 e. The molecule has 0 aromatic heterocycles. The van der Waals surface area contributed by atoms with Gasteiger partial charge in [-0.1, -0.05) is 6.92 Å². The normalized spacial score (nSPS) is 12.0. The molecule has 6 heteroatoms. The van der Waals surface area contributed by atoms with Crippen molar-refractivity contribution in [1.82, 2.24) is 0 Å². The summed E-state index contributed by atoms with van der Waals surface area (Å²) in [6.07, 6.45) is 1.22. The number of rotatable bonds is 11. The SMILES string of the molecule is CCCC(OCCO)(OCCO)OCCO. The van der Waals surface area contributed by atoms with Crippen LogP contribution in [0.15, 0.2) is 0 Å². The molecule has 0 heterocycles. The summed E-state index contributed by atoms with van der Waals surface area (Å²) in [4.78, 5) is 0. The number of ether oxygens (including phenoxy) is 3. The van der Waals surface area contributed by atoms with Crippen LogP contribution in [0.25, 0.3) is 0 Å². The maximum absolute atomic E-state index is 8.71. The summed E-state index contributed by atoms with van der Waals surface area (Å²) in [6, 6.07) is 0. The van der Waals surface area contributed by atoms with Gasteiger partial charge in [0.05, 0.1) is 39.6 Å². The Hall–Kier alpha value is -0.240. The maximum atomic E-state index is 8.71. The summed E-state index contributed by atoms with van der Waals surface area (Å²) < 4.78 is 15.9. The summed E-state index contributed by atoms with van der Waals surface area (Å²) in [5.74, 6) is -1.27. The number of hydrogen-bond donors (Lipinski definition) is 3. The summed E-state index contributed by atoms with van der Waals surface area (Å²) in [5.41, 5.74) is 0. The van der Waals surface area contributed by atoms with E-state index in [1.54, 1.807) is 0 Å². The molecule has 0 rings (SSSR count). The first-order chi connectivity index (χ1) is 7.74. The quantitative estimate of drug-likeness (QED) is 0.419. The van der Waals surface area contributed by atoms with Gasteiger partial charge in [-0.05, 0) is 6.42 Å². The van der Waals surface area contributed by atoms with Gasteiger partial charge < -0.3 is 29.5 Å². The van der Waals surface area contributed by atoms with Gasteiger partial charge in [0.2, 0.25) is 0 Å². The van der Waals surface area contributed by atoms with Crippen LogP contribution in [0.5, 0.6) is 0 Å². The lowest BCUT2D eigenvalue weighted by molar-refractivity contribution is -0.386. The number of hydrogen-bond acceptors (Lipinski definition) is 6. The van der Waals surface area contributed by atoms with Crippen molar-refractivity contribution in [3.8, 4) is 0 Å². The molecule has 0 saturated carbocycles. The molecule has 0 spiro atoms. The van der Waals surface area contributed by atoms with Crippen molar-refractivity contribution in [2.45, 2.75) is 25.7 Å². The van der Waals surface area contributed by atoms with Crippen LogP contribution in [0.4, 0.5) is 0 Å². The van der Waals surface area contributed by atoms with E-state index in [0.29, 0.717) is 6.42 Å². The number of aliphatic hydroxyl groups is 3. The van der Waals surface area contributed by atoms with E-state index in [2.05, 4.69) is 0 Å². The van der Waals surface area contributed by atoms with Crippen LogP contribution in [0.1, 0.15) is 19.8 Å². The van der Waals surface area contributed by atoms with E-state index in [1.807, 2.05) is 6.92 Å². The third kappa shape index (κ3) is 6.37. The van der Waals surface area contributed by atoms with E-state index in [9.17, 15) is 0 Å². The lowest BCUT2D eigenvalue weighted by Gasteiger charge is -2.32. The fourth-order valence-corrected chi connectivity index (χ4v) is 1.25. The standard InChI is InChI=1S/C10H22O6/c1-2-3-10(14-7-4-11,15-8-5-12)16-9-6-13/h11-13H,2-9H2,1H3. The predicted octanol–water partition coefficient (Wildman–Crippen LogP) is -0.533. The molecule has 0 aromatic carbocycles. The average molecular weight is 238 g/mol. The van der Waals surface area contributed by atoms with Gasteiger partial charge in [0.15, 0.2) is 0 Å². The molecule has 0 aromatic rings. The van der Waals surface area contributed by atoms with Crippen LogP contribution in [-0.2, 0) is 14.2 Å². The lowest BCUT2D eigenvalue weighted by atomic mass is 10.3. The van der Waals surface area contributed by atoms with Crippen molar-refractivity contribution in [2.24, 2.45) is 0 Å². The van der Waals surface area contributed by atoms with E-state index < -0.39 is 5.97 Å². The van der Waals surface area contributed by atoms with Crippen LogP contribution < -0.4 is 0 Å². The zero-order valence-corrected chi connectivity index (χ0v) is 9.72. The van der Waals surface area contributed by atoms with E-state index >= 15 is 0 Å². The van der Waals surface area contributed by atoms with Crippen molar-refractivity contribution < 1.29 is 29.5 Å². The minimum absolute atomic E-state index is 0.0802. The zero-order chi connectivity index (χ0) is 12.3. The van der Waals surface area contributed by atoms with Gasteiger partial charge in [-0.3, -0.25) is 0 Å². The van der Waals surface area contributed by atoms with Crippen molar-refractivity contribution >= 4 is 0 Å². The summed E-state index contributed by atoms with van der Waals surface area (Å²) >= 11 is 0. The first-order valence-electron chi connectivity index (χ1n) is 5.49. The highest BCUT2D eigenvalue weighted by Crippen LogP contribution is 2.21. The molecule has 0 unspecified atom stereocenters. The second-order valence-corrected chi connectivity index (χ2v) is 3.15. The number of aliphatic hydroxyl groups excluding tert-OH is 3. The molecule has 0 aliphatic heterocycles. The second-order valence-electron chi connectivity index (χ2n) is 3.15. The first-order valence-corrected chi connectivity index (χ1v) is 5.49. The van der Waals surface area contributed by atoms with Gasteiger partial charge in [0.25, 0.3) is 5.97 Å². The molecule has 0 bridgehead atoms. The van der Waals surface area contributed by atoms with Crippen LogP contribution in [0.3, 0.4) is 0 Å². The first kappa shape index (κ1) is 15.8. The molecule has 0 atom stereocenters. The van der Waals surface area contributed by atoms with E-state index in [4.69, 9.17) is 29.5 Å². The van der Waals surface area contributed by atoms with Crippen LogP contribution in [0.2, 0.25) is 0 Å². The van der Waals surface area contributed by atoms with Crippen molar-refractivity contribution in [1.29, 1.82) is 0 Å². The lowest BCUT2D eigenvalue weighted by Crippen LogP contribution is -2.41. The molecule has 0 aliphatic rings. The van der Waals surface area contributed by atoms with Gasteiger partial charge in [-0.2, -0.15) is 0 Å². The largest absolute Gasteiger partial charge is 0.394 e. The third-order valence-electron chi connectivity index (χ3n) is 1.80. The van der Waals surface area contributed by atoms with Gasteiger partial charge in [0, 0.05) is 6.42 Å². The summed E-state index contributed by atoms with van der Waals surface area (Å²) in [7, 11) is 0. The van der Waals surface area contributed by atoms with Crippen LogP contribution >= 0.6 is 0 Å². The zero-order valence-electron chi connectivity index (χ0n) is 9.72. The smallest absolute Gasteiger partial charge is 0.283 e. The second kappa shape index (κ2) is 9.95. The Kier molecular flexibility index (Phi) is 9.80. The topological polar surface area (TPSA) is 88.4 Å². The van der Waals surface area contributed by atoms with Crippen LogP contribution in [0, 0.1) is 0 Å². The fourth-order valence-electron chi connectivity index (χ4n) is 1.25. The van der Waals surface area contributed by atoms with Crippen molar-refractivity contribution in [3.05, 3.63) is 0 Å². The molecule has 0 amide bonds. The molecular formula is C10H22O6. The Labute approximate surface area is 95.7 Å². The van der Waals surface area contributed by atoms with E-state index in [0.717, 1.165) is 6.42 Å². The molecule has 0 saturated heterocycles. The highest BCUT2D eigenvalue weighted by Gasteiger charge is 2.32. The molecule has 98 valence electrons. The van der Waals surface area contributed by atoms with Crippen molar-refractivity contribution in [3.63, 3.8) is 0 Å². The average Bonchev–Trinajstić information content (AvgIpc) is 2.31. The fraction of sp³-hybridized carbons (Fsp3) is 1.00. The summed E-state index contributed by atoms with van der Waals surface area (Å²) in [6.45, 7) is 1.75. The van der Waals surface area contributed by atoms with Gasteiger partial charge in [-0.15, -0.1) is 0 Å². The third-order valence-corrected chi connectivity index (χ3v) is 1.80. The van der Waals surface area contributed by atoms with Crippen molar-refractivity contribution in [2.75, 3.05) is 39.6 Å². The van der Waals surface area contributed by atoms with Gasteiger partial charge in [0.1, 0.15) is 0 Å². The molecule has 16 heavy (non-hydrogen) atoms. The monoisotopic (exact) mass is 238 g/mol. The predicted molar refractivity (Wildman–Crippen MR) is 56.8 cm³/mol. The Morgan fingerprint density at radius 1 is 0.812 bits per heavy atom. The molecule has 0 aliphatic carbocycles. The Bertz CT molecular complexity index is 130. The molecule has 0 radical (unpaired) electrons. The van der Waals surface area contributed by atoms with Crippen LogP contribution in [-0.4, -0.2) is 60.9 Å². The molecular weight excluding hydrogens is 216 g/mol. The molecule has 3 N–H and O–H groups in total. The highest BCUT2D eigenvalue weighted by atomic mass is 16.9. The van der Waals surface area contributed by atoms with Gasteiger partial charge in [-0.25, -0.2) is 0 Å². The Morgan fingerprint density at radius 3 is 1.44 bits per heavy atom. The highest BCUT2D eigenvalue weighted by molar-refractivity contribution is 4.58. The van der Waals surface area contributed by atoms with E-state index in [-0.39, 0.29) is 39.6 Å². The summed E-state index contributed by atoms with van der Waals surface area (Å²) in [5, 5.41) is 26.1. The minimum atomic E-state index is -1.27. The molecule has 0 fully saturated rings.